The molecule has 0 saturated carbocycles. The molecule has 0 bridgehead atoms. The van der Waals surface area contributed by atoms with Crippen LogP contribution in [-0.4, -0.2) is 17.6 Å². The third-order valence-electron chi connectivity index (χ3n) is 0.583. The van der Waals surface area contributed by atoms with Gasteiger partial charge in [0.1, 0.15) is 0 Å². The first-order valence-electron chi connectivity index (χ1n) is 1.93. The molecule has 0 aromatic rings. The molecule has 0 amide bonds. The average Bonchev–Trinajstić information content (AvgIpc) is 1.67. The van der Waals surface area contributed by atoms with Crippen LogP contribution in [0.4, 0.5) is 4.48 Å². The zero-order valence-electron chi connectivity index (χ0n) is 4.15. The summed E-state index contributed by atoms with van der Waals surface area (Å²) >= 11 is 0. The number of nitrogens with one attached hydrogen (secondary N) is 1. The molecule has 0 fully saturated rings. The van der Waals surface area contributed by atoms with Crippen molar-refractivity contribution < 1.29 is 14.4 Å². The second-order valence-electron chi connectivity index (χ2n) is 1.22. The molecule has 0 spiro atoms. The van der Waals surface area contributed by atoms with Crippen LogP contribution in [0.15, 0.2) is 12.2 Å². The molecule has 8 heavy (non-hydrogen) atoms. The first-order valence-corrected chi connectivity index (χ1v) is 1.93. The molecule has 0 unspecified atom stereocenters. The van der Waals surface area contributed by atoms with Gasteiger partial charge in [-0.3, -0.25) is 0 Å². The first kappa shape index (κ1) is 7.10. The standard InChI is InChI=1S/C4H6FNO2/c1-3(2-6-5)4(7)8/h6H,1-2H2,(H,7,8). The lowest BCUT2D eigenvalue weighted by Crippen LogP contribution is -2.11. The Balaban J connectivity index is 3.49. The van der Waals surface area contributed by atoms with E-state index in [9.17, 15) is 9.28 Å². The minimum atomic E-state index is -1.19. The highest BCUT2D eigenvalue weighted by Crippen LogP contribution is 1.84. The van der Waals surface area contributed by atoms with Gasteiger partial charge in [-0.05, 0) is 0 Å². The van der Waals surface area contributed by atoms with Gasteiger partial charge in [0.25, 0.3) is 0 Å². The number of carbonyl (C=O) groups is 1. The number of hydrogen-bond donors (Lipinski definition) is 2. The highest BCUT2D eigenvalue weighted by molar-refractivity contribution is 5.86. The summed E-state index contributed by atoms with van der Waals surface area (Å²) in [5, 5.41) is 8.01. The molecule has 3 nitrogen and oxygen atoms in total. The van der Waals surface area contributed by atoms with E-state index in [1.807, 2.05) is 0 Å². The normalized spacial score (nSPS) is 8.62. The van der Waals surface area contributed by atoms with Gasteiger partial charge in [0.2, 0.25) is 0 Å². The lowest BCUT2D eigenvalue weighted by Gasteiger charge is -1.91. The van der Waals surface area contributed by atoms with E-state index >= 15 is 0 Å². The molecule has 0 aromatic carbocycles. The first-order chi connectivity index (χ1) is 3.68. The smallest absolute Gasteiger partial charge is 0.332 e. The van der Waals surface area contributed by atoms with E-state index in [0.29, 0.717) is 0 Å². The highest BCUT2D eigenvalue weighted by atomic mass is 19.2. The van der Waals surface area contributed by atoms with Crippen LogP contribution in [0.5, 0.6) is 0 Å². The number of halogens is 1. The zero-order valence-corrected chi connectivity index (χ0v) is 4.15. The summed E-state index contributed by atoms with van der Waals surface area (Å²) in [6.07, 6.45) is 0. The molecule has 46 valence electrons. The topological polar surface area (TPSA) is 49.3 Å². The van der Waals surface area contributed by atoms with Crippen LogP contribution in [0.2, 0.25) is 0 Å². The van der Waals surface area contributed by atoms with Crippen LogP contribution in [0, 0.1) is 0 Å². The Hall–Kier alpha value is -0.900. The molecule has 0 aromatic heterocycles. The SMILES string of the molecule is C=C(CNF)C(=O)O. The Kier molecular flexibility index (Phi) is 2.79. The second-order valence-corrected chi connectivity index (χ2v) is 1.22. The van der Waals surface area contributed by atoms with Crippen molar-refractivity contribution in [3.05, 3.63) is 12.2 Å². The van der Waals surface area contributed by atoms with Crippen molar-refractivity contribution in [2.45, 2.75) is 0 Å². The number of aliphatic carboxylic acids is 1. The van der Waals surface area contributed by atoms with E-state index in [-0.39, 0.29) is 12.1 Å². The maximum absolute atomic E-state index is 11.0. The van der Waals surface area contributed by atoms with Crippen molar-refractivity contribution in [3.63, 3.8) is 0 Å². The van der Waals surface area contributed by atoms with E-state index in [4.69, 9.17) is 5.11 Å². The van der Waals surface area contributed by atoms with Crippen molar-refractivity contribution >= 4 is 5.97 Å². The van der Waals surface area contributed by atoms with Crippen LogP contribution >= 0.6 is 0 Å². The Morgan fingerprint density at radius 3 is 2.50 bits per heavy atom. The molecule has 0 atom stereocenters. The number of rotatable bonds is 3. The van der Waals surface area contributed by atoms with Crippen molar-refractivity contribution in [3.8, 4) is 0 Å². The number of carboxylic acid groups (broad SMARTS) is 1. The van der Waals surface area contributed by atoms with Crippen molar-refractivity contribution in [2.24, 2.45) is 0 Å². The fraction of sp³-hybridized carbons (Fsp3) is 0.250. The van der Waals surface area contributed by atoms with Gasteiger partial charge in [-0.25, -0.2) is 4.79 Å². The third kappa shape index (κ3) is 2.30. The Labute approximate surface area is 45.8 Å². The van der Waals surface area contributed by atoms with Gasteiger partial charge in [0.15, 0.2) is 0 Å². The van der Waals surface area contributed by atoms with Crippen molar-refractivity contribution in [1.29, 1.82) is 0 Å². The molecule has 0 rings (SSSR count). The van der Waals surface area contributed by atoms with Crippen molar-refractivity contribution in [2.75, 3.05) is 6.54 Å². The van der Waals surface area contributed by atoms with Crippen molar-refractivity contribution in [1.82, 2.24) is 5.54 Å². The average molecular weight is 119 g/mol. The molecular formula is C4H6FNO2. The summed E-state index contributed by atoms with van der Waals surface area (Å²) in [6.45, 7) is 2.72. The Morgan fingerprint density at radius 1 is 1.88 bits per heavy atom. The Morgan fingerprint density at radius 2 is 2.38 bits per heavy atom. The Bertz CT molecular complexity index is 113. The monoisotopic (exact) mass is 119 g/mol. The van der Waals surface area contributed by atoms with E-state index < -0.39 is 5.97 Å². The molecule has 0 heterocycles. The predicted octanol–water partition coefficient (Wildman–Crippen LogP) is 0.101. The van der Waals surface area contributed by atoms with Gasteiger partial charge in [0, 0.05) is 5.57 Å². The van der Waals surface area contributed by atoms with Crippen LogP contribution < -0.4 is 5.54 Å². The largest absolute Gasteiger partial charge is 0.478 e. The van der Waals surface area contributed by atoms with Crippen LogP contribution in [0.1, 0.15) is 0 Å². The van der Waals surface area contributed by atoms with E-state index in [0.717, 1.165) is 0 Å². The summed E-state index contributed by atoms with van der Waals surface area (Å²) < 4.78 is 11.0. The fourth-order valence-corrected chi connectivity index (χ4v) is 0.156. The molecule has 0 radical (unpaired) electrons. The molecule has 0 aliphatic heterocycles. The summed E-state index contributed by atoms with van der Waals surface area (Å²) in [7, 11) is 0. The van der Waals surface area contributed by atoms with E-state index in [2.05, 4.69) is 6.58 Å². The quantitative estimate of drug-likeness (QED) is 0.409. The van der Waals surface area contributed by atoms with Gasteiger partial charge in [-0.2, -0.15) is 5.54 Å². The minimum absolute atomic E-state index is 0.187. The van der Waals surface area contributed by atoms with Crippen LogP contribution in [0.3, 0.4) is 0 Å². The number of hydrogen-bond acceptors (Lipinski definition) is 2. The van der Waals surface area contributed by atoms with Crippen LogP contribution in [-0.2, 0) is 4.79 Å². The summed E-state index contributed by atoms with van der Waals surface area (Å²) in [5.74, 6) is -1.19. The van der Waals surface area contributed by atoms with Gasteiger partial charge in [0.05, 0.1) is 6.54 Å². The van der Waals surface area contributed by atoms with Gasteiger partial charge in [-0.1, -0.05) is 6.58 Å². The molecule has 0 aliphatic carbocycles. The van der Waals surface area contributed by atoms with Gasteiger partial charge < -0.3 is 5.11 Å². The molecule has 2 N–H and O–H groups in total. The number of carboxylic acids is 1. The highest BCUT2D eigenvalue weighted by Gasteiger charge is 2.00. The fourth-order valence-electron chi connectivity index (χ4n) is 0.156. The minimum Gasteiger partial charge on any atom is -0.478 e. The summed E-state index contributed by atoms with van der Waals surface area (Å²) in [4.78, 5) is 9.78. The lowest BCUT2D eigenvalue weighted by molar-refractivity contribution is -0.132. The maximum atomic E-state index is 11.0. The third-order valence-corrected chi connectivity index (χ3v) is 0.583. The molecule has 4 heteroatoms. The summed E-state index contributed by atoms with van der Waals surface area (Å²) in [6, 6.07) is 0. The predicted molar refractivity (Wildman–Crippen MR) is 25.9 cm³/mol. The lowest BCUT2D eigenvalue weighted by atomic mass is 10.3. The zero-order chi connectivity index (χ0) is 6.57. The molecule has 0 aliphatic rings. The van der Waals surface area contributed by atoms with Crippen LogP contribution in [0.25, 0.3) is 0 Å². The van der Waals surface area contributed by atoms with Gasteiger partial charge >= 0.3 is 5.97 Å². The molecular weight excluding hydrogens is 113 g/mol. The van der Waals surface area contributed by atoms with E-state index in [1.54, 1.807) is 0 Å². The second kappa shape index (κ2) is 3.15. The summed E-state index contributed by atoms with van der Waals surface area (Å²) in [5.41, 5.74) is 0.981. The van der Waals surface area contributed by atoms with E-state index in [1.165, 1.54) is 5.54 Å². The molecule has 0 saturated heterocycles. The van der Waals surface area contributed by atoms with Gasteiger partial charge in [-0.15, -0.1) is 4.48 Å². The maximum Gasteiger partial charge on any atom is 0.332 e.